The molecular weight excluding hydrogens is 200 g/mol. The summed E-state index contributed by atoms with van der Waals surface area (Å²) >= 11 is 0. The third-order valence-corrected chi connectivity index (χ3v) is 2.82. The Balaban J connectivity index is 3.28. The summed E-state index contributed by atoms with van der Waals surface area (Å²) in [6.45, 7) is 8.41. The highest BCUT2D eigenvalue weighted by Gasteiger charge is 2.15. The van der Waals surface area contributed by atoms with Crippen molar-refractivity contribution in [3.05, 3.63) is 34.9 Å². The van der Waals surface area contributed by atoms with Gasteiger partial charge in [-0.15, -0.1) is 0 Å². The van der Waals surface area contributed by atoms with Gasteiger partial charge in [0.1, 0.15) is 0 Å². The Labute approximate surface area is 97.3 Å². The first-order chi connectivity index (χ1) is 7.43. The Kier molecular flexibility index (Phi) is 4.11. The lowest BCUT2D eigenvalue weighted by Gasteiger charge is -2.18. The Morgan fingerprint density at radius 2 is 1.56 bits per heavy atom. The van der Waals surface area contributed by atoms with Gasteiger partial charge in [-0.3, -0.25) is 4.79 Å². The first-order valence-corrected chi connectivity index (χ1v) is 5.77. The fraction of sp³-hybridized carbons (Fsp3) is 0.500. The second-order valence-corrected chi connectivity index (χ2v) is 4.79. The van der Waals surface area contributed by atoms with Crippen LogP contribution < -0.4 is 0 Å². The zero-order valence-electron chi connectivity index (χ0n) is 10.4. The molecule has 0 amide bonds. The molecule has 0 saturated carbocycles. The third kappa shape index (κ3) is 2.84. The minimum Gasteiger partial charge on any atom is -0.481 e. The summed E-state index contributed by atoms with van der Waals surface area (Å²) in [5.41, 5.74) is 3.32. The van der Waals surface area contributed by atoms with E-state index in [-0.39, 0.29) is 6.42 Å². The van der Waals surface area contributed by atoms with Crippen LogP contribution in [0.1, 0.15) is 56.2 Å². The number of rotatable bonds is 4. The molecule has 1 aromatic rings. The molecule has 0 aromatic heterocycles. The van der Waals surface area contributed by atoms with E-state index >= 15 is 0 Å². The van der Waals surface area contributed by atoms with E-state index in [2.05, 4.69) is 27.7 Å². The Hall–Kier alpha value is -1.31. The first kappa shape index (κ1) is 12.8. The fourth-order valence-corrected chi connectivity index (χ4v) is 2.06. The van der Waals surface area contributed by atoms with Gasteiger partial charge in [0.25, 0.3) is 0 Å². The second kappa shape index (κ2) is 5.15. The van der Waals surface area contributed by atoms with Gasteiger partial charge in [-0.1, -0.05) is 45.9 Å². The molecule has 0 bridgehead atoms. The van der Waals surface area contributed by atoms with Gasteiger partial charge in [0, 0.05) is 0 Å². The van der Waals surface area contributed by atoms with Gasteiger partial charge in [-0.2, -0.15) is 0 Å². The van der Waals surface area contributed by atoms with Crippen LogP contribution >= 0.6 is 0 Å². The summed E-state index contributed by atoms with van der Waals surface area (Å²) in [6, 6.07) is 6.10. The molecule has 0 fully saturated rings. The minimum atomic E-state index is -0.755. The highest BCUT2D eigenvalue weighted by Crippen LogP contribution is 2.27. The van der Waals surface area contributed by atoms with E-state index in [0.717, 1.165) is 16.7 Å². The first-order valence-electron chi connectivity index (χ1n) is 5.77. The van der Waals surface area contributed by atoms with Crippen molar-refractivity contribution in [2.75, 3.05) is 0 Å². The highest BCUT2D eigenvalue weighted by atomic mass is 16.4. The van der Waals surface area contributed by atoms with Gasteiger partial charge in [0.05, 0.1) is 6.42 Å². The van der Waals surface area contributed by atoms with Crippen LogP contribution in [0.5, 0.6) is 0 Å². The predicted molar refractivity (Wildman–Crippen MR) is 66.0 cm³/mol. The van der Waals surface area contributed by atoms with E-state index in [9.17, 15) is 4.79 Å². The monoisotopic (exact) mass is 220 g/mol. The van der Waals surface area contributed by atoms with Crippen LogP contribution in [0.3, 0.4) is 0 Å². The van der Waals surface area contributed by atoms with E-state index in [1.54, 1.807) is 0 Å². The molecule has 0 aliphatic rings. The molecule has 1 N–H and O–H groups in total. The molecule has 16 heavy (non-hydrogen) atoms. The number of carbonyl (C=O) groups is 1. The lowest BCUT2D eigenvalue weighted by molar-refractivity contribution is -0.136. The summed E-state index contributed by atoms with van der Waals surface area (Å²) in [6.07, 6.45) is 0.127. The van der Waals surface area contributed by atoms with E-state index in [1.807, 2.05) is 18.2 Å². The van der Waals surface area contributed by atoms with Crippen molar-refractivity contribution in [3.8, 4) is 0 Å². The SMILES string of the molecule is CC(C)c1cccc(C(C)C)c1CC(=O)O. The topological polar surface area (TPSA) is 37.3 Å². The van der Waals surface area contributed by atoms with Crippen LogP contribution in [0.2, 0.25) is 0 Å². The molecule has 2 nitrogen and oxygen atoms in total. The van der Waals surface area contributed by atoms with Crippen LogP contribution in [-0.2, 0) is 11.2 Å². The normalized spacial score (nSPS) is 11.1. The molecule has 0 heterocycles. The molecule has 0 saturated heterocycles. The molecule has 0 atom stereocenters. The standard InChI is InChI=1S/C14H20O2/c1-9(2)11-6-5-7-12(10(3)4)13(11)8-14(15)16/h5-7,9-10H,8H2,1-4H3,(H,15,16). The summed E-state index contributed by atoms with van der Waals surface area (Å²) in [4.78, 5) is 10.9. The van der Waals surface area contributed by atoms with Gasteiger partial charge in [-0.05, 0) is 28.5 Å². The molecule has 0 radical (unpaired) electrons. The van der Waals surface area contributed by atoms with Crippen LogP contribution in [0.25, 0.3) is 0 Å². The summed E-state index contributed by atoms with van der Waals surface area (Å²) in [7, 11) is 0. The molecule has 2 heteroatoms. The molecule has 1 rings (SSSR count). The van der Waals surface area contributed by atoms with Crippen molar-refractivity contribution in [1.29, 1.82) is 0 Å². The van der Waals surface area contributed by atoms with Crippen LogP contribution in [-0.4, -0.2) is 11.1 Å². The average Bonchev–Trinajstić information content (AvgIpc) is 2.16. The number of aliphatic carboxylic acids is 1. The summed E-state index contributed by atoms with van der Waals surface area (Å²) < 4.78 is 0. The smallest absolute Gasteiger partial charge is 0.307 e. The maximum Gasteiger partial charge on any atom is 0.307 e. The van der Waals surface area contributed by atoms with Crippen molar-refractivity contribution in [2.24, 2.45) is 0 Å². The van der Waals surface area contributed by atoms with E-state index in [0.29, 0.717) is 11.8 Å². The zero-order valence-corrected chi connectivity index (χ0v) is 10.4. The average molecular weight is 220 g/mol. The Morgan fingerprint density at radius 1 is 1.12 bits per heavy atom. The van der Waals surface area contributed by atoms with Crippen molar-refractivity contribution in [1.82, 2.24) is 0 Å². The molecule has 88 valence electrons. The number of benzene rings is 1. The number of hydrogen-bond acceptors (Lipinski definition) is 1. The Bertz CT molecular complexity index is 352. The van der Waals surface area contributed by atoms with Gasteiger partial charge in [0.2, 0.25) is 0 Å². The largest absolute Gasteiger partial charge is 0.481 e. The second-order valence-electron chi connectivity index (χ2n) is 4.79. The lowest BCUT2D eigenvalue weighted by Crippen LogP contribution is -2.09. The van der Waals surface area contributed by atoms with E-state index < -0.39 is 5.97 Å². The highest BCUT2D eigenvalue weighted by molar-refractivity contribution is 5.71. The molecule has 0 unspecified atom stereocenters. The molecule has 1 aromatic carbocycles. The van der Waals surface area contributed by atoms with Crippen molar-refractivity contribution < 1.29 is 9.90 Å². The molecular formula is C14H20O2. The number of carboxylic acid groups (broad SMARTS) is 1. The third-order valence-electron chi connectivity index (χ3n) is 2.82. The molecule has 0 aliphatic heterocycles. The van der Waals surface area contributed by atoms with Gasteiger partial charge in [-0.25, -0.2) is 0 Å². The minimum absolute atomic E-state index is 0.127. The van der Waals surface area contributed by atoms with Gasteiger partial charge in [0.15, 0.2) is 0 Å². The zero-order chi connectivity index (χ0) is 12.3. The van der Waals surface area contributed by atoms with Gasteiger partial charge < -0.3 is 5.11 Å². The quantitative estimate of drug-likeness (QED) is 0.842. The lowest BCUT2D eigenvalue weighted by atomic mass is 9.87. The van der Waals surface area contributed by atoms with Crippen LogP contribution in [0.15, 0.2) is 18.2 Å². The van der Waals surface area contributed by atoms with E-state index in [1.165, 1.54) is 0 Å². The summed E-state index contributed by atoms with van der Waals surface area (Å²) in [5, 5.41) is 8.98. The maximum absolute atomic E-state index is 10.9. The Morgan fingerprint density at radius 3 is 1.88 bits per heavy atom. The van der Waals surface area contributed by atoms with Crippen LogP contribution in [0, 0.1) is 0 Å². The van der Waals surface area contributed by atoms with Crippen LogP contribution in [0.4, 0.5) is 0 Å². The van der Waals surface area contributed by atoms with Crippen molar-refractivity contribution in [2.45, 2.75) is 46.0 Å². The van der Waals surface area contributed by atoms with Crippen molar-refractivity contribution >= 4 is 5.97 Å². The predicted octanol–water partition coefficient (Wildman–Crippen LogP) is 3.56. The fourth-order valence-electron chi connectivity index (χ4n) is 2.06. The van der Waals surface area contributed by atoms with E-state index in [4.69, 9.17) is 5.11 Å². The molecule has 0 spiro atoms. The summed E-state index contributed by atoms with van der Waals surface area (Å²) in [5.74, 6) is -0.0175. The van der Waals surface area contributed by atoms with Gasteiger partial charge >= 0.3 is 5.97 Å². The maximum atomic E-state index is 10.9. The number of hydrogen-bond donors (Lipinski definition) is 1. The molecule has 0 aliphatic carbocycles. The van der Waals surface area contributed by atoms with Crippen molar-refractivity contribution in [3.63, 3.8) is 0 Å². The number of carboxylic acids is 1.